The molecule has 29 heavy (non-hydrogen) atoms. The molecule has 1 N–H and O–H groups in total. The van der Waals surface area contributed by atoms with E-state index in [-0.39, 0.29) is 30.2 Å². The summed E-state index contributed by atoms with van der Waals surface area (Å²) in [7, 11) is 1.59. The molecular formula is C24H24N2O3. The van der Waals surface area contributed by atoms with E-state index in [1.807, 2.05) is 55.5 Å². The van der Waals surface area contributed by atoms with Crippen LogP contribution in [0, 0.1) is 5.92 Å². The van der Waals surface area contributed by atoms with E-state index in [0.717, 1.165) is 22.0 Å². The van der Waals surface area contributed by atoms with Crippen LogP contribution in [0.15, 0.2) is 66.7 Å². The van der Waals surface area contributed by atoms with Crippen molar-refractivity contribution in [2.24, 2.45) is 5.92 Å². The average molecular weight is 388 g/mol. The summed E-state index contributed by atoms with van der Waals surface area (Å²) in [4.78, 5) is 27.1. The third kappa shape index (κ3) is 3.81. The van der Waals surface area contributed by atoms with Crippen molar-refractivity contribution in [3.8, 4) is 5.75 Å². The molecule has 1 aliphatic rings. The van der Waals surface area contributed by atoms with Crippen LogP contribution in [0.3, 0.4) is 0 Å². The van der Waals surface area contributed by atoms with Crippen molar-refractivity contribution >= 4 is 28.3 Å². The Morgan fingerprint density at radius 3 is 2.69 bits per heavy atom. The van der Waals surface area contributed by atoms with E-state index in [1.54, 1.807) is 12.0 Å². The van der Waals surface area contributed by atoms with Gasteiger partial charge in [0.05, 0.1) is 19.1 Å². The number of carbonyl (C=O) groups excluding carboxylic acids is 2. The third-order valence-electron chi connectivity index (χ3n) is 5.51. The van der Waals surface area contributed by atoms with Crippen molar-refractivity contribution in [2.75, 3.05) is 18.6 Å². The molecule has 1 fully saturated rings. The highest BCUT2D eigenvalue weighted by molar-refractivity contribution is 6.00. The molecule has 5 heteroatoms. The number of amides is 2. The molecule has 148 valence electrons. The highest BCUT2D eigenvalue weighted by Gasteiger charge is 2.35. The summed E-state index contributed by atoms with van der Waals surface area (Å²) in [5.41, 5.74) is 1.83. The number of nitrogens with one attached hydrogen (secondary N) is 1. The zero-order valence-corrected chi connectivity index (χ0v) is 16.6. The number of benzene rings is 3. The first-order chi connectivity index (χ1) is 14.1. The first-order valence-electron chi connectivity index (χ1n) is 9.79. The molecule has 1 heterocycles. The maximum atomic E-state index is 12.9. The largest absolute Gasteiger partial charge is 0.497 e. The average Bonchev–Trinajstić information content (AvgIpc) is 3.15. The number of hydrogen-bond acceptors (Lipinski definition) is 3. The summed E-state index contributed by atoms with van der Waals surface area (Å²) < 4.78 is 5.24. The Morgan fingerprint density at radius 1 is 1.10 bits per heavy atom. The molecule has 0 saturated carbocycles. The number of hydrogen-bond donors (Lipinski definition) is 1. The molecule has 1 aliphatic heterocycles. The van der Waals surface area contributed by atoms with Crippen LogP contribution in [0.1, 0.15) is 24.9 Å². The molecular weight excluding hydrogens is 364 g/mol. The second kappa shape index (κ2) is 7.95. The monoisotopic (exact) mass is 388 g/mol. The second-order valence-corrected chi connectivity index (χ2v) is 7.41. The van der Waals surface area contributed by atoms with Crippen LogP contribution >= 0.6 is 0 Å². The molecule has 3 aromatic rings. The number of rotatable bonds is 5. The van der Waals surface area contributed by atoms with Gasteiger partial charge in [0.1, 0.15) is 5.75 Å². The summed E-state index contributed by atoms with van der Waals surface area (Å²) in [6.07, 6.45) is 0.214. The van der Waals surface area contributed by atoms with E-state index in [0.29, 0.717) is 12.3 Å². The Kier molecular flexibility index (Phi) is 5.21. The molecule has 0 radical (unpaired) electrons. The normalized spacial score (nSPS) is 17.4. The van der Waals surface area contributed by atoms with Gasteiger partial charge in [-0.2, -0.15) is 0 Å². The lowest BCUT2D eigenvalue weighted by molar-refractivity contribution is -0.126. The molecule has 3 aromatic carbocycles. The van der Waals surface area contributed by atoms with Gasteiger partial charge in [-0.25, -0.2) is 0 Å². The van der Waals surface area contributed by atoms with Gasteiger partial charge < -0.3 is 15.0 Å². The lowest BCUT2D eigenvalue weighted by Gasteiger charge is -2.20. The maximum absolute atomic E-state index is 12.9. The topological polar surface area (TPSA) is 58.6 Å². The quantitative estimate of drug-likeness (QED) is 0.717. The molecule has 2 amide bonds. The Balaban J connectivity index is 1.48. The number of fused-ring (bicyclic) bond motifs is 1. The zero-order chi connectivity index (χ0) is 20.4. The molecule has 0 spiro atoms. The van der Waals surface area contributed by atoms with Gasteiger partial charge >= 0.3 is 0 Å². The van der Waals surface area contributed by atoms with Crippen LogP contribution in [-0.4, -0.2) is 25.5 Å². The van der Waals surface area contributed by atoms with Gasteiger partial charge in [-0.3, -0.25) is 9.59 Å². The maximum Gasteiger partial charge on any atom is 0.227 e. The van der Waals surface area contributed by atoms with Crippen LogP contribution in [0.5, 0.6) is 5.75 Å². The molecule has 1 saturated heterocycles. The van der Waals surface area contributed by atoms with Crippen LogP contribution in [0.25, 0.3) is 10.8 Å². The fourth-order valence-corrected chi connectivity index (χ4v) is 3.95. The number of anilines is 1. The molecule has 0 unspecified atom stereocenters. The van der Waals surface area contributed by atoms with E-state index in [4.69, 9.17) is 4.74 Å². The Morgan fingerprint density at radius 2 is 1.86 bits per heavy atom. The van der Waals surface area contributed by atoms with Gasteiger partial charge in [0.2, 0.25) is 11.8 Å². The molecule has 4 rings (SSSR count). The van der Waals surface area contributed by atoms with Crippen molar-refractivity contribution in [3.05, 3.63) is 72.3 Å². The standard InChI is InChI=1S/C24H24N2O3/c1-16(21-12-5-8-17-7-3-4-11-22(17)21)25-24(28)18-13-23(27)26(15-18)19-9-6-10-20(14-19)29-2/h3-12,14,16,18H,13,15H2,1-2H3,(H,25,28)/t16-,18+/m0/s1. The van der Waals surface area contributed by atoms with Crippen molar-refractivity contribution in [3.63, 3.8) is 0 Å². The van der Waals surface area contributed by atoms with Crippen molar-refractivity contribution in [1.29, 1.82) is 0 Å². The molecule has 0 bridgehead atoms. The lowest BCUT2D eigenvalue weighted by atomic mass is 9.99. The highest BCUT2D eigenvalue weighted by atomic mass is 16.5. The summed E-state index contributed by atoms with van der Waals surface area (Å²) in [5.74, 6) is 0.180. The van der Waals surface area contributed by atoms with Crippen LogP contribution in [-0.2, 0) is 9.59 Å². The number of ether oxygens (including phenoxy) is 1. The van der Waals surface area contributed by atoms with E-state index >= 15 is 0 Å². The van der Waals surface area contributed by atoms with Crippen molar-refractivity contribution in [2.45, 2.75) is 19.4 Å². The minimum absolute atomic E-state index is 0.0452. The van der Waals surface area contributed by atoms with Gasteiger partial charge in [-0.05, 0) is 35.4 Å². The van der Waals surface area contributed by atoms with Crippen LogP contribution in [0.2, 0.25) is 0 Å². The van der Waals surface area contributed by atoms with E-state index in [1.165, 1.54) is 0 Å². The highest BCUT2D eigenvalue weighted by Crippen LogP contribution is 2.29. The predicted molar refractivity (Wildman–Crippen MR) is 114 cm³/mol. The Bertz CT molecular complexity index is 1060. The molecule has 0 aromatic heterocycles. The van der Waals surface area contributed by atoms with E-state index < -0.39 is 0 Å². The minimum atomic E-state index is -0.369. The third-order valence-corrected chi connectivity index (χ3v) is 5.51. The zero-order valence-electron chi connectivity index (χ0n) is 16.6. The van der Waals surface area contributed by atoms with Gasteiger partial charge in [-0.1, -0.05) is 48.5 Å². The lowest BCUT2D eigenvalue weighted by Crippen LogP contribution is -2.34. The van der Waals surface area contributed by atoms with E-state index in [9.17, 15) is 9.59 Å². The van der Waals surface area contributed by atoms with Crippen molar-refractivity contribution < 1.29 is 14.3 Å². The molecule has 0 aliphatic carbocycles. The van der Waals surface area contributed by atoms with Crippen LogP contribution in [0.4, 0.5) is 5.69 Å². The van der Waals surface area contributed by atoms with E-state index in [2.05, 4.69) is 23.5 Å². The summed E-state index contributed by atoms with van der Waals surface area (Å²) >= 11 is 0. The summed E-state index contributed by atoms with van der Waals surface area (Å²) in [6, 6.07) is 21.5. The molecule has 2 atom stereocenters. The predicted octanol–water partition coefficient (Wildman–Crippen LogP) is 4.08. The fourth-order valence-electron chi connectivity index (χ4n) is 3.95. The smallest absolute Gasteiger partial charge is 0.227 e. The minimum Gasteiger partial charge on any atom is -0.497 e. The summed E-state index contributed by atoms with van der Waals surface area (Å²) in [6.45, 7) is 2.36. The fraction of sp³-hybridized carbons (Fsp3) is 0.250. The SMILES string of the molecule is COc1cccc(N2C[C@H](C(=O)N[C@@H](C)c3cccc4ccccc34)CC2=O)c1. The number of carbonyl (C=O) groups is 2. The second-order valence-electron chi connectivity index (χ2n) is 7.41. The van der Waals surface area contributed by atoms with Gasteiger partial charge in [0.15, 0.2) is 0 Å². The van der Waals surface area contributed by atoms with Gasteiger partial charge in [0.25, 0.3) is 0 Å². The van der Waals surface area contributed by atoms with Crippen molar-refractivity contribution in [1.82, 2.24) is 5.32 Å². The summed E-state index contributed by atoms with van der Waals surface area (Å²) in [5, 5.41) is 5.38. The van der Waals surface area contributed by atoms with Gasteiger partial charge in [-0.15, -0.1) is 0 Å². The first kappa shape index (κ1) is 19.0. The van der Waals surface area contributed by atoms with Crippen LogP contribution < -0.4 is 15.0 Å². The molecule has 5 nitrogen and oxygen atoms in total. The Hall–Kier alpha value is -3.34. The number of nitrogens with zero attached hydrogens (tertiary/aromatic N) is 1. The Labute approximate surface area is 170 Å². The first-order valence-corrected chi connectivity index (χ1v) is 9.79. The number of methoxy groups -OCH3 is 1. The van der Waals surface area contributed by atoms with Gasteiger partial charge in [0, 0.05) is 24.7 Å².